The summed E-state index contributed by atoms with van der Waals surface area (Å²) < 4.78 is 33.7. The molecule has 1 aromatic heterocycles. The second-order valence-corrected chi connectivity index (χ2v) is 8.83. The lowest BCUT2D eigenvalue weighted by Crippen LogP contribution is -2.33. The van der Waals surface area contributed by atoms with Crippen molar-refractivity contribution < 1.29 is 23.1 Å². The number of methoxy groups -OCH3 is 1. The highest BCUT2D eigenvalue weighted by Crippen LogP contribution is 2.35. The zero-order valence-corrected chi connectivity index (χ0v) is 20.6. The van der Waals surface area contributed by atoms with E-state index in [1.54, 1.807) is 44.5 Å². The number of alkyl halides is 2. The first kappa shape index (κ1) is 25.2. The molecule has 186 valence electrons. The normalized spacial score (nSPS) is 15.7. The van der Waals surface area contributed by atoms with Gasteiger partial charge in [0.2, 0.25) is 0 Å². The Morgan fingerprint density at radius 2 is 1.89 bits per heavy atom. The van der Waals surface area contributed by atoms with Gasteiger partial charge in [0.1, 0.15) is 11.7 Å². The number of aryl methyl sites for hydroxylation is 1. The summed E-state index contributed by atoms with van der Waals surface area (Å²) in [4.78, 5) is 30.9. The van der Waals surface area contributed by atoms with Crippen LogP contribution in [0.15, 0.2) is 65.9 Å². The van der Waals surface area contributed by atoms with Crippen LogP contribution in [0.1, 0.15) is 37.0 Å². The van der Waals surface area contributed by atoms with E-state index < -0.39 is 23.5 Å². The molecule has 1 aliphatic rings. The van der Waals surface area contributed by atoms with Gasteiger partial charge in [-0.05, 0) is 55.3 Å². The van der Waals surface area contributed by atoms with Gasteiger partial charge in [0.05, 0.1) is 24.2 Å². The SMILES string of the molecule is CCC(F)(F)c1cccc(CC(=O)C2C(=O)N(c3ccc(OC)c(-c4ccc(C)cn4)c3)N=C2C)c1. The Hall–Kier alpha value is -3.94. The molecule has 0 saturated carbocycles. The summed E-state index contributed by atoms with van der Waals surface area (Å²) >= 11 is 0. The Morgan fingerprint density at radius 1 is 1.11 bits per heavy atom. The zero-order valence-electron chi connectivity index (χ0n) is 20.6. The molecule has 6 nitrogen and oxygen atoms in total. The number of pyridine rings is 1. The number of Topliss-reactive ketones (excluding diaryl/α,β-unsaturated/α-hetero) is 1. The molecule has 2 heterocycles. The van der Waals surface area contributed by atoms with Gasteiger partial charge in [0.25, 0.3) is 11.8 Å². The molecule has 8 heteroatoms. The van der Waals surface area contributed by atoms with Crippen molar-refractivity contribution in [1.29, 1.82) is 0 Å². The molecule has 0 N–H and O–H groups in total. The smallest absolute Gasteiger partial charge is 0.273 e. The van der Waals surface area contributed by atoms with Gasteiger partial charge in [-0.2, -0.15) is 10.1 Å². The Kier molecular flexibility index (Phi) is 6.97. The standard InChI is InChI=1S/C28H27F2N3O3/c1-5-28(29,30)20-8-6-7-19(13-20)14-24(34)26-18(3)32-33(27(26)35)21-10-12-25(36-4)22(15-21)23-11-9-17(2)16-31-23/h6-13,15-16,26H,5,14H2,1-4H3. The van der Waals surface area contributed by atoms with Crippen LogP contribution < -0.4 is 9.75 Å². The molecular formula is C28H27F2N3O3. The monoisotopic (exact) mass is 491 g/mol. The average Bonchev–Trinajstić information content (AvgIpc) is 3.18. The maximum atomic E-state index is 14.1. The molecule has 1 aliphatic heterocycles. The summed E-state index contributed by atoms with van der Waals surface area (Å²) in [5.74, 6) is -4.35. The third-order valence-electron chi connectivity index (χ3n) is 6.24. The number of hydrazone groups is 1. The number of ether oxygens (including phenoxy) is 1. The lowest BCUT2D eigenvalue weighted by Gasteiger charge is -2.17. The van der Waals surface area contributed by atoms with Crippen LogP contribution in [0.4, 0.5) is 14.5 Å². The highest BCUT2D eigenvalue weighted by molar-refractivity contribution is 6.27. The fraction of sp³-hybridized carbons (Fsp3) is 0.286. The third kappa shape index (κ3) is 4.89. The average molecular weight is 492 g/mol. The molecule has 0 bridgehead atoms. The molecular weight excluding hydrogens is 464 g/mol. The molecule has 1 atom stereocenters. The van der Waals surface area contributed by atoms with Gasteiger partial charge in [-0.3, -0.25) is 14.6 Å². The van der Waals surface area contributed by atoms with Crippen molar-refractivity contribution in [2.45, 2.75) is 39.5 Å². The lowest BCUT2D eigenvalue weighted by atomic mass is 9.92. The van der Waals surface area contributed by atoms with Crippen LogP contribution in [0.3, 0.4) is 0 Å². The number of benzene rings is 2. The first-order valence-corrected chi connectivity index (χ1v) is 11.6. The number of amides is 1. The van der Waals surface area contributed by atoms with E-state index in [0.717, 1.165) is 5.56 Å². The molecule has 1 amide bonds. The van der Waals surface area contributed by atoms with E-state index in [0.29, 0.717) is 34.0 Å². The predicted octanol–water partition coefficient (Wildman–Crippen LogP) is 5.72. The number of nitrogens with zero attached hydrogens (tertiary/aromatic N) is 3. The molecule has 0 radical (unpaired) electrons. The lowest BCUT2D eigenvalue weighted by molar-refractivity contribution is -0.128. The van der Waals surface area contributed by atoms with Crippen molar-refractivity contribution in [3.05, 3.63) is 77.5 Å². The minimum absolute atomic E-state index is 0.143. The van der Waals surface area contributed by atoms with Crippen LogP contribution >= 0.6 is 0 Å². The van der Waals surface area contributed by atoms with E-state index in [-0.39, 0.29) is 18.4 Å². The summed E-state index contributed by atoms with van der Waals surface area (Å²) in [6.07, 6.45) is 1.25. The summed E-state index contributed by atoms with van der Waals surface area (Å²) in [6.45, 7) is 4.96. The summed E-state index contributed by atoms with van der Waals surface area (Å²) in [5, 5.41) is 5.56. The first-order chi connectivity index (χ1) is 17.1. The highest BCUT2D eigenvalue weighted by Gasteiger charge is 2.39. The van der Waals surface area contributed by atoms with Crippen LogP contribution in [-0.2, 0) is 21.9 Å². The second-order valence-electron chi connectivity index (χ2n) is 8.83. The van der Waals surface area contributed by atoms with Gasteiger partial charge < -0.3 is 4.74 Å². The molecule has 0 spiro atoms. The minimum Gasteiger partial charge on any atom is -0.496 e. The fourth-order valence-corrected chi connectivity index (χ4v) is 4.19. The quantitative estimate of drug-likeness (QED) is 0.378. The van der Waals surface area contributed by atoms with Crippen LogP contribution in [0, 0.1) is 12.8 Å². The fourth-order valence-electron chi connectivity index (χ4n) is 4.19. The van der Waals surface area contributed by atoms with Crippen LogP contribution in [0.2, 0.25) is 0 Å². The van der Waals surface area contributed by atoms with E-state index in [1.807, 2.05) is 19.1 Å². The van der Waals surface area contributed by atoms with Gasteiger partial charge in [-0.1, -0.05) is 31.2 Å². The van der Waals surface area contributed by atoms with Crippen molar-refractivity contribution >= 4 is 23.1 Å². The van der Waals surface area contributed by atoms with Crippen LogP contribution in [-0.4, -0.2) is 29.5 Å². The van der Waals surface area contributed by atoms with Gasteiger partial charge in [-0.25, -0.2) is 8.78 Å². The Bertz CT molecular complexity index is 1340. The first-order valence-electron chi connectivity index (χ1n) is 11.6. The van der Waals surface area contributed by atoms with Crippen molar-refractivity contribution in [2.75, 3.05) is 12.1 Å². The van der Waals surface area contributed by atoms with Gasteiger partial charge in [0.15, 0.2) is 5.78 Å². The number of hydrogen-bond donors (Lipinski definition) is 0. The van der Waals surface area contributed by atoms with Gasteiger partial charge in [0, 0.05) is 30.2 Å². The van der Waals surface area contributed by atoms with Crippen molar-refractivity contribution in [1.82, 2.24) is 4.98 Å². The third-order valence-corrected chi connectivity index (χ3v) is 6.24. The summed E-state index contributed by atoms with van der Waals surface area (Å²) in [7, 11) is 1.55. The molecule has 0 fully saturated rings. The number of aromatic nitrogens is 1. The molecule has 36 heavy (non-hydrogen) atoms. The summed E-state index contributed by atoms with van der Waals surface area (Å²) in [5.41, 5.74) is 3.47. The topological polar surface area (TPSA) is 71.9 Å². The van der Waals surface area contributed by atoms with E-state index in [9.17, 15) is 18.4 Å². The van der Waals surface area contributed by atoms with Crippen LogP contribution in [0.5, 0.6) is 5.75 Å². The largest absolute Gasteiger partial charge is 0.496 e. The number of carbonyl (C=O) groups excluding carboxylic acids is 2. The highest BCUT2D eigenvalue weighted by atomic mass is 19.3. The van der Waals surface area contributed by atoms with E-state index >= 15 is 0 Å². The summed E-state index contributed by atoms with van der Waals surface area (Å²) in [6, 6.07) is 14.7. The van der Waals surface area contributed by atoms with Crippen molar-refractivity contribution in [3.8, 4) is 17.0 Å². The number of hydrogen-bond acceptors (Lipinski definition) is 5. The van der Waals surface area contributed by atoms with E-state index in [1.165, 1.54) is 30.1 Å². The minimum atomic E-state index is -2.98. The molecule has 4 rings (SSSR count). The predicted molar refractivity (Wildman–Crippen MR) is 134 cm³/mol. The van der Waals surface area contributed by atoms with Crippen molar-refractivity contribution in [3.63, 3.8) is 0 Å². The number of ketones is 1. The Labute approximate surface area is 208 Å². The number of anilines is 1. The molecule has 1 unspecified atom stereocenters. The van der Waals surface area contributed by atoms with Crippen molar-refractivity contribution in [2.24, 2.45) is 11.0 Å². The van der Waals surface area contributed by atoms with Gasteiger partial charge >= 0.3 is 0 Å². The zero-order chi connectivity index (χ0) is 26.0. The number of halogens is 2. The van der Waals surface area contributed by atoms with Crippen LogP contribution in [0.25, 0.3) is 11.3 Å². The maximum Gasteiger partial charge on any atom is 0.273 e. The maximum absolute atomic E-state index is 14.1. The number of rotatable bonds is 8. The number of carbonyl (C=O) groups is 2. The molecule has 2 aromatic carbocycles. The molecule has 0 aliphatic carbocycles. The van der Waals surface area contributed by atoms with E-state index in [4.69, 9.17) is 4.74 Å². The molecule has 3 aromatic rings. The second kappa shape index (κ2) is 9.97. The Morgan fingerprint density at radius 3 is 2.56 bits per heavy atom. The van der Waals surface area contributed by atoms with Gasteiger partial charge in [-0.15, -0.1) is 0 Å². The molecule has 0 saturated heterocycles. The van der Waals surface area contributed by atoms with E-state index in [2.05, 4.69) is 10.1 Å². The Balaban J connectivity index is 1.58.